The Morgan fingerprint density at radius 1 is 1.38 bits per heavy atom. The fourth-order valence-corrected chi connectivity index (χ4v) is 1.71. The summed E-state index contributed by atoms with van der Waals surface area (Å²) in [4.78, 5) is 11.2. The summed E-state index contributed by atoms with van der Waals surface area (Å²) in [7, 11) is 0. The van der Waals surface area contributed by atoms with Gasteiger partial charge in [-0.3, -0.25) is 4.79 Å². The number of carbonyl (C=O) groups is 1. The van der Waals surface area contributed by atoms with Gasteiger partial charge in [0.2, 0.25) is 5.91 Å². The highest BCUT2D eigenvalue weighted by Crippen LogP contribution is 2.26. The molecule has 0 saturated carbocycles. The fourth-order valence-electron chi connectivity index (χ4n) is 1.71. The zero-order valence-electron chi connectivity index (χ0n) is 9.75. The number of carbonyl (C=O) groups excluding carboxylic acids is 1. The van der Waals surface area contributed by atoms with Crippen molar-refractivity contribution in [1.29, 1.82) is 0 Å². The van der Waals surface area contributed by atoms with Crippen molar-refractivity contribution < 1.29 is 9.53 Å². The number of benzene rings is 1. The molecule has 3 heteroatoms. The monoisotopic (exact) mass is 219 g/mol. The van der Waals surface area contributed by atoms with E-state index >= 15 is 0 Å². The van der Waals surface area contributed by atoms with Crippen molar-refractivity contribution in [1.82, 2.24) is 0 Å². The summed E-state index contributed by atoms with van der Waals surface area (Å²) < 4.78 is 5.65. The lowest BCUT2D eigenvalue weighted by Crippen LogP contribution is -2.18. The van der Waals surface area contributed by atoms with Crippen LogP contribution >= 0.6 is 0 Å². The second kappa shape index (κ2) is 4.56. The highest BCUT2D eigenvalue weighted by Gasteiger charge is 2.14. The van der Waals surface area contributed by atoms with E-state index in [2.05, 4.69) is 19.2 Å². The quantitative estimate of drug-likeness (QED) is 0.848. The van der Waals surface area contributed by atoms with E-state index in [0.717, 1.165) is 24.5 Å². The first-order chi connectivity index (χ1) is 7.65. The molecular weight excluding hydrogens is 202 g/mol. The second-order valence-corrected chi connectivity index (χ2v) is 4.57. The van der Waals surface area contributed by atoms with Crippen LogP contribution in [0.15, 0.2) is 18.2 Å². The van der Waals surface area contributed by atoms with Gasteiger partial charge in [0.1, 0.15) is 5.75 Å². The SMILES string of the molecule is CC(C)COc1ccc2c(c1)CCC(=O)N2. The van der Waals surface area contributed by atoms with Crippen LogP contribution in [0.3, 0.4) is 0 Å². The maximum atomic E-state index is 11.2. The predicted octanol–water partition coefficient (Wildman–Crippen LogP) is 2.61. The van der Waals surface area contributed by atoms with E-state index in [1.165, 1.54) is 5.56 Å². The molecule has 0 fully saturated rings. The molecule has 1 amide bonds. The van der Waals surface area contributed by atoms with Crippen molar-refractivity contribution in [2.45, 2.75) is 26.7 Å². The van der Waals surface area contributed by atoms with Gasteiger partial charge < -0.3 is 10.1 Å². The van der Waals surface area contributed by atoms with Crippen LogP contribution in [-0.4, -0.2) is 12.5 Å². The van der Waals surface area contributed by atoms with Crippen LogP contribution in [-0.2, 0) is 11.2 Å². The van der Waals surface area contributed by atoms with Gasteiger partial charge in [-0.2, -0.15) is 0 Å². The number of hydrogen-bond acceptors (Lipinski definition) is 2. The van der Waals surface area contributed by atoms with Crippen molar-refractivity contribution in [3.63, 3.8) is 0 Å². The average Bonchev–Trinajstić information content (AvgIpc) is 2.26. The second-order valence-electron chi connectivity index (χ2n) is 4.57. The Kier molecular flexibility index (Phi) is 3.13. The Morgan fingerprint density at radius 2 is 2.19 bits per heavy atom. The van der Waals surface area contributed by atoms with Crippen LogP contribution < -0.4 is 10.1 Å². The molecule has 3 nitrogen and oxygen atoms in total. The Labute approximate surface area is 95.8 Å². The van der Waals surface area contributed by atoms with Gasteiger partial charge in [0.25, 0.3) is 0 Å². The van der Waals surface area contributed by atoms with Gasteiger partial charge in [0, 0.05) is 12.1 Å². The van der Waals surface area contributed by atoms with E-state index in [-0.39, 0.29) is 5.91 Å². The van der Waals surface area contributed by atoms with E-state index in [1.54, 1.807) is 0 Å². The molecule has 0 atom stereocenters. The summed E-state index contributed by atoms with van der Waals surface area (Å²) in [6.45, 7) is 4.97. The largest absolute Gasteiger partial charge is 0.493 e. The summed E-state index contributed by atoms with van der Waals surface area (Å²) in [5.41, 5.74) is 2.09. The standard InChI is InChI=1S/C13H17NO2/c1-9(2)8-16-11-4-5-12-10(7-11)3-6-13(15)14-12/h4-5,7,9H,3,6,8H2,1-2H3,(H,14,15). The van der Waals surface area contributed by atoms with E-state index < -0.39 is 0 Å². The molecule has 1 aliphatic heterocycles. The smallest absolute Gasteiger partial charge is 0.224 e. The molecule has 1 heterocycles. The Balaban J connectivity index is 2.10. The van der Waals surface area contributed by atoms with E-state index in [1.807, 2.05) is 18.2 Å². The number of aryl methyl sites for hydroxylation is 1. The molecule has 1 N–H and O–H groups in total. The zero-order chi connectivity index (χ0) is 11.5. The molecule has 0 aromatic heterocycles. The summed E-state index contributed by atoms with van der Waals surface area (Å²) >= 11 is 0. The van der Waals surface area contributed by atoms with Gasteiger partial charge >= 0.3 is 0 Å². The maximum absolute atomic E-state index is 11.2. The summed E-state index contributed by atoms with van der Waals surface area (Å²) in [5.74, 6) is 1.52. The minimum Gasteiger partial charge on any atom is -0.493 e. The van der Waals surface area contributed by atoms with Gasteiger partial charge in [-0.15, -0.1) is 0 Å². The summed E-state index contributed by atoms with van der Waals surface area (Å²) in [6.07, 6.45) is 1.38. The number of fused-ring (bicyclic) bond motifs is 1. The van der Waals surface area contributed by atoms with Crippen LogP contribution in [0.25, 0.3) is 0 Å². The first-order valence-electron chi connectivity index (χ1n) is 5.71. The molecule has 16 heavy (non-hydrogen) atoms. The van der Waals surface area contributed by atoms with E-state index in [9.17, 15) is 4.79 Å². The summed E-state index contributed by atoms with van der Waals surface area (Å²) in [5, 5.41) is 2.86. The Hall–Kier alpha value is -1.51. The summed E-state index contributed by atoms with van der Waals surface area (Å²) in [6, 6.07) is 5.85. The lowest BCUT2D eigenvalue weighted by Gasteiger charge is -2.18. The lowest BCUT2D eigenvalue weighted by molar-refractivity contribution is -0.116. The van der Waals surface area contributed by atoms with Gasteiger partial charge in [-0.1, -0.05) is 13.8 Å². The first kappa shape index (κ1) is 11.0. The third kappa shape index (κ3) is 2.54. The molecule has 0 saturated heterocycles. The van der Waals surface area contributed by atoms with Gasteiger partial charge in [-0.05, 0) is 36.1 Å². The number of anilines is 1. The van der Waals surface area contributed by atoms with Crippen LogP contribution in [0, 0.1) is 5.92 Å². The molecule has 1 aromatic carbocycles. The van der Waals surface area contributed by atoms with Gasteiger partial charge in [0.05, 0.1) is 6.61 Å². The normalized spacial score (nSPS) is 14.6. The van der Waals surface area contributed by atoms with Crippen molar-refractivity contribution in [3.8, 4) is 5.75 Å². The van der Waals surface area contributed by atoms with Crippen molar-refractivity contribution >= 4 is 11.6 Å². The number of amides is 1. The third-order valence-corrected chi connectivity index (χ3v) is 2.56. The van der Waals surface area contributed by atoms with Crippen molar-refractivity contribution in [3.05, 3.63) is 23.8 Å². The minimum absolute atomic E-state index is 0.100. The highest BCUT2D eigenvalue weighted by atomic mass is 16.5. The van der Waals surface area contributed by atoms with Crippen LogP contribution in [0.5, 0.6) is 5.75 Å². The van der Waals surface area contributed by atoms with Crippen LogP contribution in [0.2, 0.25) is 0 Å². The Morgan fingerprint density at radius 3 is 2.94 bits per heavy atom. The van der Waals surface area contributed by atoms with E-state index in [4.69, 9.17) is 4.74 Å². The number of nitrogens with one attached hydrogen (secondary N) is 1. The molecule has 0 radical (unpaired) electrons. The van der Waals surface area contributed by atoms with E-state index in [0.29, 0.717) is 12.3 Å². The third-order valence-electron chi connectivity index (χ3n) is 2.56. The minimum atomic E-state index is 0.100. The topological polar surface area (TPSA) is 38.3 Å². The first-order valence-corrected chi connectivity index (χ1v) is 5.71. The number of ether oxygens (including phenoxy) is 1. The highest BCUT2D eigenvalue weighted by molar-refractivity contribution is 5.93. The molecule has 1 aliphatic rings. The van der Waals surface area contributed by atoms with Crippen molar-refractivity contribution in [2.75, 3.05) is 11.9 Å². The molecule has 86 valence electrons. The van der Waals surface area contributed by atoms with Crippen molar-refractivity contribution in [2.24, 2.45) is 5.92 Å². The molecule has 0 aliphatic carbocycles. The fraction of sp³-hybridized carbons (Fsp3) is 0.462. The van der Waals surface area contributed by atoms with Gasteiger partial charge in [0.15, 0.2) is 0 Å². The molecule has 2 rings (SSSR count). The zero-order valence-corrected chi connectivity index (χ0v) is 9.75. The maximum Gasteiger partial charge on any atom is 0.224 e. The van der Waals surface area contributed by atoms with Gasteiger partial charge in [-0.25, -0.2) is 0 Å². The molecule has 0 bridgehead atoms. The number of hydrogen-bond donors (Lipinski definition) is 1. The molecule has 0 unspecified atom stereocenters. The number of rotatable bonds is 3. The molecule has 0 spiro atoms. The molecular formula is C13H17NO2. The lowest BCUT2D eigenvalue weighted by atomic mass is 10.0. The van der Waals surface area contributed by atoms with Crippen LogP contribution in [0.4, 0.5) is 5.69 Å². The average molecular weight is 219 g/mol. The molecule has 1 aromatic rings. The predicted molar refractivity (Wildman–Crippen MR) is 63.7 cm³/mol. The Bertz CT molecular complexity index is 399. The van der Waals surface area contributed by atoms with Crippen LogP contribution in [0.1, 0.15) is 25.8 Å².